The van der Waals surface area contributed by atoms with Gasteiger partial charge in [0.2, 0.25) is 0 Å². The second kappa shape index (κ2) is 4.49. The summed E-state index contributed by atoms with van der Waals surface area (Å²) in [4.78, 5) is 12.4. The van der Waals surface area contributed by atoms with E-state index in [-0.39, 0.29) is 0 Å². The van der Waals surface area contributed by atoms with E-state index in [0.29, 0.717) is 5.82 Å². The van der Waals surface area contributed by atoms with E-state index in [1.165, 1.54) is 23.7 Å². The smallest absolute Gasteiger partial charge is 0.127 e. The van der Waals surface area contributed by atoms with Crippen LogP contribution in [0.4, 0.5) is 5.82 Å². The van der Waals surface area contributed by atoms with E-state index in [1.807, 2.05) is 26.0 Å². The molecule has 0 radical (unpaired) electrons. The van der Waals surface area contributed by atoms with Crippen molar-refractivity contribution in [2.45, 2.75) is 23.9 Å². The van der Waals surface area contributed by atoms with E-state index in [0.717, 1.165) is 15.7 Å². The Morgan fingerprint density at radius 3 is 2.56 bits per heavy atom. The molecule has 0 saturated heterocycles. The molecule has 2 rings (SSSR count). The number of hydrogen-bond acceptors (Lipinski definition) is 5. The largest absolute Gasteiger partial charge is 0.384 e. The molecule has 0 unspecified atom stereocenters. The van der Waals surface area contributed by atoms with Crippen molar-refractivity contribution in [3.05, 3.63) is 35.8 Å². The summed E-state index contributed by atoms with van der Waals surface area (Å²) in [5.41, 5.74) is 7.78. The highest BCUT2D eigenvalue weighted by atomic mass is 32.2. The molecule has 4 nitrogen and oxygen atoms in total. The Labute approximate surface area is 98.3 Å². The Morgan fingerprint density at radius 2 is 1.88 bits per heavy atom. The minimum absolute atomic E-state index is 0.474. The standard InChI is InChI=1S/C11H12N4S/c1-7-3-8(2)15-11(4-7)16-10-5-9(12)13-6-14-10/h3-6H,1-2H3,(H2,12,13,14). The van der Waals surface area contributed by atoms with E-state index < -0.39 is 0 Å². The Balaban J connectivity index is 2.27. The lowest BCUT2D eigenvalue weighted by atomic mass is 10.3. The molecule has 2 N–H and O–H groups in total. The molecule has 0 aliphatic heterocycles. The topological polar surface area (TPSA) is 64.7 Å². The number of aromatic nitrogens is 3. The molecular formula is C11H12N4S. The van der Waals surface area contributed by atoms with Gasteiger partial charge in [-0.05, 0) is 43.3 Å². The second-order valence-corrected chi connectivity index (χ2v) is 4.55. The SMILES string of the molecule is Cc1cc(C)nc(Sc2cc(N)ncn2)c1. The molecule has 0 aliphatic rings. The van der Waals surface area contributed by atoms with Crippen LogP contribution in [0.3, 0.4) is 0 Å². The molecule has 2 aromatic rings. The molecule has 0 spiro atoms. The maximum atomic E-state index is 5.59. The van der Waals surface area contributed by atoms with Crippen molar-refractivity contribution in [3.8, 4) is 0 Å². The lowest BCUT2D eigenvalue weighted by molar-refractivity contribution is 1.02. The highest BCUT2D eigenvalue weighted by Gasteiger charge is 2.02. The van der Waals surface area contributed by atoms with Gasteiger partial charge < -0.3 is 5.73 Å². The first-order chi connectivity index (χ1) is 7.63. The van der Waals surface area contributed by atoms with Crippen LogP contribution in [-0.4, -0.2) is 15.0 Å². The van der Waals surface area contributed by atoms with Crippen LogP contribution in [0.25, 0.3) is 0 Å². The predicted molar refractivity (Wildman–Crippen MR) is 64.3 cm³/mol. The number of rotatable bonds is 2. The third-order valence-electron chi connectivity index (χ3n) is 1.95. The van der Waals surface area contributed by atoms with Crippen molar-refractivity contribution < 1.29 is 0 Å². The summed E-state index contributed by atoms with van der Waals surface area (Å²) in [6.07, 6.45) is 1.46. The minimum atomic E-state index is 0.474. The van der Waals surface area contributed by atoms with Gasteiger partial charge in [-0.3, -0.25) is 0 Å². The summed E-state index contributed by atoms with van der Waals surface area (Å²) in [7, 11) is 0. The van der Waals surface area contributed by atoms with Crippen molar-refractivity contribution in [2.75, 3.05) is 5.73 Å². The average molecular weight is 232 g/mol. The fraction of sp³-hybridized carbons (Fsp3) is 0.182. The van der Waals surface area contributed by atoms with Gasteiger partial charge in [-0.2, -0.15) is 0 Å². The molecule has 0 aromatic carbocycles. The lowest BCUT2D eigenvalue weighted by Gasteiger charge is -2.03. The van der Waals surface area contributed by atoms with Gasteiger partial charge in [0.1, 0.15) is 22.2 Å². The van der Waals surface area contributed by atoms with Crippen LogP contribution < -0.4 is 5.73 Å². The van der Waals surface area contributed by atoms with Crippen LogP contribution in [0, 0.1) is 13.8 Å². The van der Waals surface area contributed by atoms with Crippen molar-refractivity contribution in [3.63, 3.8) is 0 Å². The molecule has 0 atom stereocenters. The zero-order chi connectivity index (χ0) is 11.5. The molecule has 5 heteroatoms. The zero-order valence-corrected chi connectivity index (χ0v) is 9.95. The summed E-state index contributed by atoms with van der Waals surface area (Å²) in [5, 5.41) is 1.74. The van der Waals surface area contributed by atoms with Crippen LogP contribution >= 0.6 is 11.8 Å². The monoisotopic (exact) mass is 232 g/mol. The van der Waals surface area contributed by atoms with Crippen molar-refractivity contribution in [1.29, 1.82) is 0 Å². The average Bonchev–Trinajstić information content (AvgIpc) is 2.15. The molecule has 2 aromatic heterocycles. The maximum absolute atomic E-state index is 5.59. The summed E-state index contributed by atoms with van der Waals surface area (Å²) in [5.74, 6) is 0.474. The Morgan fingerprint density at radius 1 is 1.06 bits per heavy atom. The molecule has 0 bridgehead atoms. The van der Waals surface area contributed by atoms with Crippen molar-refractivity contribution in [2.24, 2.45) is 0 Å². The number of hydrogen-bond donors (Lipinski definition) is 1. The highest BCUT2D eigenvalue weighted by Crippen LogP contribution is 2.25. The van der Waals surface area contributed by atoms with Crippen molar-refractivity contribution in [1.82, 2.24) is 15.0 Å². The highest BCUT2D eigenvalue weighted by molar-refractivity contribution is 7.99. The molecule has 0 saturated carbocycles. The molecule has 0 aliphatic carbocycles. The number of pyridine rings is 1. The fourth-order valence-electron chi connectivity index (χ4n) is 1.37. The van der Waals surface area contributed by atoms with Gasteiger partial charge in [0, 0.05) is 11.8 Å². The van der Waals surface area contributed by atoms with E-state index in [2.05, 4.69) is 15.0 Å². The number of nitrogen functional groups attached to an aromatic ring is 1. The number of nitrogens with two attached hydrogens (primary N) is 1. The fourth-order valence-corrected chi connectivity index (χ4v) is 2.30. The van der Waals surface area contributed by atoms with Gasteiger partial charge >= 0.3 is 0 Å². The number of anilines is 1. The second-order valence-electron chi connectivity index (χ2n) is 3.51. The quantitative estimate of drug-likeness (QED) is 0.804. The Hall–Kier alpha value is -1.62. The number of nitrogens with zero attached hydrogens (tertiary/aromatic N) is 3. The van der Waals surface area contributed by atoms with Crippen molar-refractivity contribution >= 4 is 17.6 Å². The first kappa shape index (κ1) is 10.9. The van der Waals surface area contributed by atoms with Gasteiger partial charge in [-0.15, -0.1) is 0 Å². The Kier molecular flexibility index (Phi) is 3.05. The molecule has 0 amide bonds. The molecule has 2 heterocycles. The van der Waals surface area contributed by atoms with Gasteiger partial charge in [0.25, 0.3) is 0 Å². The summed E-state index contributed by atoms with van der Waals surface area (Å²) >= 11 is 1.49. The normalized spacial score (nSPS) is 10.4. The summed E-state index contributed by atoms with van der Waals surface area (Å²) in [6, 6.07) is 5.80. The van der Waals surface area contributed by atoms with Crippen LogP contribution in [0.1, 0.15) is 11.3 Å². The Bertz CT molecular complexity index is 493. The molecule has 16 heavy (non-hydrogen) atoms. The molecular weight excluding hydrogens is 220 g/mol. The van der Waals surface area contributed by atoms with E-state index in [4.69, 9.17) is 5.73 Å². The predicted octanol–water partition coefficient (Wildman–Crippen LogP) is 2.22. The summed E-state index contributed by atoms with van der Waals surface area (Å²) < 4.78 is 0. The van der Waals surface area contributed by atoms with Crippen LogP contribution in [0.2, 0.25) is 0 Å². The minimum Gasteiger partial charge on any atom is -0.384 e. The lowest BCUT2D eigenvalue weighted by Crippen LogP contribution is -1.92. The van der Waals surface area contributed by atoms with Gasteiger partial charge in [-0.1, -0.05) is 0 Å². The van der Waals surface area contributed by atoms with Gasteiger partial charge in [0.05, 0.1) is 0 Å². The maximum Gasteiger partial charge on any atom is 0.127 e. The van der Waals surface area contributed by atoms with Gasteiger partial charge in [0.15, 0.2) is 0 Å². The first-order valence-corrected chi connectivity index (χ1v) is 5.66. The van der Waals surface area contributed by atoms with Crippen LogP contribution in [0.5, 0.6) is 0 Å². The van der Waals surface area contributed by atoms with E-state index in [1.54, 1.807) is 6.07 Å². The van der Waals surface area contributed by atoms with E-state index >= 15 is 0 Å². The van der Waals surface area contributed by atoms with Gasteiger partial charge in [-0.25, -0.2) is 15.0 Å². The summed E-state index contributed by atoms with van der Waals surface area (Å²) in [6.45, 7) is 4.03. The third kappa shape index (κ3) is 2.70. The van der Waals surface area contributed by atoms with E-state index in [9.17, 15) is 0 Å². The molecule has 0 fully saturated rings. The van der Waals surface area contributed by atoms with Crippen LogP contribution in [0.15, 0.2) is 34.6 Å². The molecule has 82 valence electrons. The van der Waals surface area contributed by atoms with Crippen LogP contribution in [-0.2, 0) is 0 Å². The first-order valence-electron chi connectivity index (χ1n) is 4.84. The third-order valence-corrected chi connectivity index (χ3v) is 2.80. The zero-order valence-electron chi connectivity index (χ0n) is 9.14. The number of aryl methyl sites for hydroxylation is 2.